The number of amides is 1. The average molecular weight is 453 g/mol. The molecule has 1 aromatic carbocycles. The number of halogens is 2. The van der Waals surface area contributed by atoms with Gasteiger partial charge in [-0.2, -0.15) is 4.98 Å². The number of hydrogen-bond acceptors (Lipinski definition) is 7. The number of rotatable bonds is 2. The highest BCUT2D eigenvalue weighted by Gasteiger charge is 2.32. The van der Waals surface area contributed by atoms with Crippen LogP contribution in [-0.2, 0) is 4.74 Å². The predicted molar refractivity (Wildman–Crippen MR) is 115 cm³/mol. The summed E-state index contributed by atoms with van der Waals surface area (Å²) in [5.74, 6) is -0.579. The molecule has 0 saturated carbocycles. The summed E-state index contributed by atoms with van der Waals surface area (Å²) >= 11 is 7.39. The van der Waals surface area contributed by atoms with E-state index in [1.54, 1.807) is 16.5 Å². The molecular weight excluding hydrogens is 431 g/mol. The molecule has 160 valence electrons. The lowest BCUT2D eigenvalue weighted by atomic mass is 10.2. The first-order valence-electron chi connectivity index (χ1n) is 9.57. The van der Waals surface area contributed by atoms with E-state index in [2.05, 4.69) is 9.97 Å². The normalized spacial score (nSPS) is 17.6. The van der Waals surface area contributed by atoms with Crippen molar-refractivity contribution < 1.29 is 18.3 Å². The molecule has 1 aliphatic heterocycles. The smallest absolute Gasteiger partial charge is 0.410 e. The number of carbonyl (C=O) groups excluding carboxylic acids is 1. The van der Waals surface area contributed by atoms with Gasteiger partial charge in [-0.1, -0.05) is 11.6 Å². The van der Waals surface area contributed by atoms with Gasteiger partial charge in [0.25, 0.3) is 6.01 Å². The number of benzene rings is 1. The first-order chi connectivity index (χ1) is 14.1. The highest BCUT2D eigenvalue weighted by atomic mass is 35.5. The van der Waals surface area contributed by atoms with Crippen LogP contribution in [0.4, 0.5) is 15.2 Å². The van der Waals surface area contributed by atoms with Gasteiger partial charge in [0, 0.05) is 37.3 Å². The summed E-state index contributed by atoms with van der Waals surface area (Å²) in [4.78, 5) is 24.7. The molecule has 0 N–H and O–H groups in total. The zero-order valence-electron chi connectivity index (χ0n) is 17.1. The zero-order valence-corrected chi connectivity index (χ0v) is 18.7. The molecule has 1 fully saturated rings. The van der Waals surface area contributed by atoms with Gasteiger partial charge in [0.15, 0.2) is 11.4 Å². The molecule has 30 heavy (non-hydrogen) atoms. The van der Waals surface area contributed by atoms with Crippen molar-refractivity contribution in [1.29, 1.82) is 0 Å². The second kappa shape index (κ2) is 7.70. The SMILES string of the molecule is C[C@H]1CN(C(=O)OC(C)(C)C)CCN1c1nc2cc(Cl)c(F)c(-c3nccs3)c2o1. The highest BCUT2D eigenvalue weighted by Crippen LogP contribution is 2.38. The summed E-state index contributed by atoms with van der Waals surface area (Å²) < 4.78 is 26.2. The summed E-state index contributed by atoms with van der Waals surface area (Å²) in [6, 6.07) is 1.75. The molecule has 2 aromatic heterocycles. The Bertz CT molecular complexity index is 1080. The van der Waals surface area contributed by atoms with Crippen LogP contribution in [0, 0.1) is 5.82 Å². The van der Waals surface area contributed by atoms with Gasteiger partial charge in [0.1, 0.15) is 16.1 Å². The van der Waals surface area contributed by atoms with Crippen LogP contribution in [0.15, 0.2) is 22.1 Å². The predicted octanol–water partition coefficient (Wildman–Crippen LogP) is 5.19. The Labute approximate surface area is 182 Å². The van der Waals surface area contributed by atoms with E-state index < -0.39 is 11.4 Å². The molecule has 7 nitrogen and oxygen atoms in total. The average Bonchev–Trinajstić information content (AvgIpc) is 3.31. The van der Waals surface area contributed by atoms with Crippen molar-refractivity contribution in [2.45, 2.75) is 39.3 Å². The van der Waals surface area contributed by atoms with Gasteiger partial charge in [-0.3, -0.25) is 0 Å². The third-order valence-electron chi connectivity index (χ3n) is 4.73. The summed E-state index contributed by atoms with van der Waals surface area (Å²) in [5.41, 5.74) is 0.436. The fourth-order valence-electron chi connectivity index (χ4n) is 3.39. The topological polar surface area (TPSA) is 71.7 Å². The lowest BCUT2D eigenvalue weighted by Gasteiger charge is -2.39. The number of ether oxygens (including phenoxy) is 1. The first-order valence-corrected chi connectivity index (χ1v) is 10.8. The third kappa shape index (κ3) is 3.96. The molecule has 4 rings (SSSR count). The molecule has 0 unspecified atom stereocenters. The highest BCUT2D eigenvalue weighted by molar-refractivity contribution is 7.13. The van der Waals surface area contributed by atoms with Gasteiger partial charge < -0.3 is 19.0 Å². The van der Waals surface area contributed by atoms with Crippen LogP contribution >= 0.6 is 22.9 Å². The van der Waals surface area contributed by atoms with Crippen LogP contribution in [0.1, 0.15) is 27.7 Å². The maximum atomic E-state index is 14.8. The fraction of sp³-hybridized carbons (Fsp3) is 0.450. The van der Waals surface area contributed by atoms with Crippen molar-refractivity contribution in [3.8, 4) is 10.6 Å². The van der Waals surface area contributed by atoms with Crippen LogP contribution in [0.2, 0.25) is 5.02 Å². The summed E-state index contributed by atoms with van der Waals surface area (Å²) in [7, 11) is 0. The molecule has 1 atom stereocenters. The minimum absolute atomic E-state index is 0.0321. The van der Waals surface area contributed by atoms with Gasteiger partial charge in [-0.05, 0) is 33.8 Å². The Balaban J connectivity index is 1.62. The van der Waals surface area contributed by atoms with E-state index in [4.69, 9.17) is 20.8 Å². The van der Waals surface area contributed by atoms with Crippen molar-refractivity contribution in [1.82, 2.24) is 14.9 Å². The van der Waals surface area contributed by atoms with Gasteiger partial charge >= 0.3 is 6.09 Å². The van der Waals surface area contributed by atoms with E-state index in [1.807, 2.05) is 32.6 Å². The van der Waals surface area contributed by atoms with Crippen LogP contribution in [0.5, 0.6) is 0 Å². The van der Waals surface area contributed by atoms with Crippen molar-refractivity contribution in [2.75, 3.05) is 24.5 Å². The van der Waals surface area contributed by atoms with E-state index in [9.17, 15) is 9.18 Å². The van der Waals surface area contributed by atoms with E-state index in [0.29, 0.717) is 41.8 Å². The standard InChI is InChI=1S/C20H22ClFN4O3S/c1-11-10-25(19(27)29-20(2,3)4)6-7-26(11)18-24-13-9-12(21)15(22)14(16(13)28-18)17-23-5-8-30-17/h5,8-9,11H,6-7,10H2,1-4H3/t11-/m0/s1. The summed E-state index contributed by atoms with van der Waals surface area (Å²) in [5, 5.41) is 2.21. The summed E-state index contributed by atoms with van der Waals surface area (Å²) in [6.45, 7) is 8.93. The minimum atomic E-state index is -0.579. The Morgan fingerprint density at radius 1 is 1.40 bits per heavy atom. The second-order valence-corrected chi connectivity index (χ2v) is 9.50. The molecule has 0 aliphatic carbocycles. The van der Waals surface area contributed by atoms with E-state index in [-0.39, 0.29) is 22.7 Å². The Morgan fingerprint density at radius 3 is 2.80 bits per heavy atom. The van der Waals surface area contributed by atoms with E-state index >= 15 is 0 Å². The number of thiazole rings is 1. The quantitative estimate of drug-likeness (QED) is 0.532. The molecule has 1 amide bonds. The molecular formula is C20H22ClFN4O3S. The molecule has 1 aliphatic rings. The van der Waals surface area contributed by atoms with E-state index in [0.717, 1.165) is 0 Å². The summed E-state index contributed by atoms with van der Waals surface area (Å²) in [6.07, 6.45) is 1.26. The first kappa shape index (κ1) is 20.9. The van der Waals surface area contributed by atoms with Crippen molar-refractivity contribution >= 4 is 46.1 Å². The molecule has 0 bridgehead atoms. The molecule has 1 saturated heterocycles. The zero-order chi connectivity index (χ0) is 21.6. The monoisotopic (exact) mass is 452 g/mol. The molecule has 10 heteroatoms. The van der Waals surface area contributed by atoms with Gasteiger partial charge in [-0.15, -0.1) is 11.3 Å². The minimum Gasteiger partial charge on any atom is -0.444 e. The van der Waals surface area contributed by atoms with Crippen LogP contribution in [0.25, 0.3) is 21.7 Å². The Hall–Kier alpha value is -2.39. The third-order valence-corrected chi connectivity index (χ3v) is 5.80. The fourth-order valence-corrected chi connectivity index (χ4v) is 4.26. The van der Waals surface area contributed by atoms with Crippen LogP contribution in [0.3, 0.4) is 0 Å². The number of nitrogens with zero attached hydrogens (tertiary/aromatic N) is 4. The molecule has 3 aromatic rings. The lowest BCUT2D eigenvalue weighted by molar-refractivity contribution is 0.0216. The number of fused-ring (bicyclic) bond motifs is 1. The van der Waals surface area contributed by atoms with E-state index in [1.165, 1.54) is 17.4 Å². The van der Waals surface area contributed by atoms with Gasteiger partial charge in [-0.25, -0.2) is 14.2 Å². The van der Waals surface area contributed by atoms with Crippen molar-refractivity contribution in [2.24, 2.45) is 0 Å². The number of piperazine rings is 1. The van der Waals surface area contributed by atoms with Crippen LogP contribution < -0.4 is 4.90 Å². The Morgan fingerprint density at radius 2 is 2.17 bits per heavy atom. The number of anilines is 1. The lowest BCUT2D eigenvalue weighted by Crippen LogP contribution is -2.54. The number of carbonyl (C=O) groups is 1. The molecule has 0 radical (unpaired) electrons. The number of aromatic nitrogens is 2. The van der Waals surface area contributed by atoms with Gasteiger partial charge in [0.2, 0.25) is 0 Å². The largest absolute Gasteiger partial charge is 0.444 e. The maximum Gasteiger partial charge on any atom is 0.410 e. The molecule has 3 heterocycles. The maximum absolute atomic E-state index is 14.8. The van der Waals surface area contributed by atoms with Crippen molar-refractivity contribution in [3.63, 3.8) is 0 Å². The van der Waals surface area contributed by atoms with Crippen LogP contribution in [-0.4, -0.2) is 52.2 Å². The second-order valence-electron chi connectivity index (χ2n) is 8.20. The number of oxazole rings is 1. The Kier molecular flexibility index (Phi) is 5.36. The number of hydrogen-bond donors (Lipinski definition) is 0. The van der Waals surface area contributed by atoms with Gasteiger partial charge in [0.05, 0.1) is 10.6 Å². The molecule has 0 spiro atoms. The van der Waals surface area contributed by atoms with Crippen molar-refractivity contribution in [3.05, 3.63) is 28.5 Å².